The Kier molecular flexibility index (Phi) is 3.20. The maximum Gasteiger partial charge on any atom is 0.0792 e. The number of fused-ring (bicyclic) bond motifs is 5. The van der Waals surface area contributed by atoms with Crippen LogP contribution in [0.4, 0.5) is 0 Å². The van der Waals surface area contributed by atoms with Crippen molar-refractivity contribution in [3.63, 3.8) is 0 Å². The van der Waals surface area contributed by atoms with Crippen molar-refractivity contribution in [2.45, 2.75) is 71.0 Å². The van der Waals surface area contributed by atoms with E-state index in [-0.39, 0.29) is 23.0 Å². The summed E-state index contributed by atoms with van der Waals surface area (Å²) in [5.41, 5.74) is 2.74. The summed E-state index contributed by atoms with van der Waals surface area (Å²) in [6.07, 6.45) is 9.56. The molecular formula is C20H30O2. The highest BCUT2D eigenvalue weighted by atomic mass is 16.3. The van der Waals surface area contributed by atoms with Gasteiger partial charge in [-0.15, -0.1) is 0 Å². The van der Waals surface area contributed by atoms with Gasteiger partial charge in [0.25, 0.3) is 0 Å². The lowest BCUT2D eigenvalue weighted by Gasteiger charge is -2.58. The van der Waals surface area contributed by atoms with Crippen LogP contribution < -0.4 is 0 Å². The van der Waals surface area contributed by atoms with E-state index in [9.17, 15) is 10.2 Å². The molecule has 0 radical (unpaired) electrons. The van der Waals surface area contributed by atoms with Crippen molar-refractivity contribution in [1.29, 1.82) is 0 Å². The van der Waals surface area contributed by atoms with Gasteiger partial charge in [0.05, 0.1) is 12.2 Å². The molecule has 4 rings (SSSR count). The predicted molar refractivity (Wildman–Crippen MR) is 88.2 cm³/mol. The molecule has 2 N–H and O–H groups in total. The van der Waals surface area contributed by atoms with Crippen LogP contribution in [0.5, 0.6) is 0 Å². The van der Waals surface area contributed by atoms with Gasteiger partial charge < -0.3 is 10.2 Å². The van der Waals surface area contributed by atoms with Crippen molar-refractivity contribution in [1.82, 2.24) is 0 Å². The molecule has 122 valence electrons. The highest BCUT2D eigenvalue weighted by Crippen LogP contribution is 2.65. The molecule has 4 aliphatic carbocycles. The van der Waals surface area contributed by atoms with Crippen LogP contribution in [0.2, 0.25) is 0 Å². The predicted octanol–water partition coefficient (Wildman–Crippen LogP) is 3.84. The van der Waals surface area contributed by atoms with E-state index in [0.29, 0.717) is 11.8 Å². The van der Waals surface area contributed by atoms with Gasteiger partial charge in [0, 0.05) is 0 Å². The largest absolute Gasteiger partial charge is 0.393 e. The smallest absolute Gasteiger partial charge is 0.0792 e. The summed E-state index contributed by atoms with van der Waals surface area (Å²) < 4.78 is 0. The first-order chi connectivity index (χ1) is 10.4. The Morgan fingerprint density at radius 3 is 2.64 bits per heavy atom. The molecule has 0 bridgehead atoms. The van der Waals surface area contributed by atoms with Gasteiger partial charge in [0.2, 0.25) is 0 Å². The van der Waals surface area contributed by atoms with Crippen molar-refractivity contribution in [2.24, 2.45) is 28.6 Å². The molecule has 0 saturated heterocycles. The molecule has 3 saturated carbocycles. The van der Waals surface area contributed by atoms with Crippen molar-refractivity contribution >= 4 is 0 Å². The molecule has 0 aliphatic heterocycles. The Morgan fingerprint density at radius 2 is 1.86 bits per heavy atom. The summed E-state index contributed by atoms with van der Waals surface area (Å²) >= 11 is 0. The molecule has 0 aromatic rings. The molecule has 4 aliphatic rings. The third kappa shape index (κ3) is 1.80. The number of rotatable bonds is 0. The van der Waals surface area contributed by atoms with Crippen LogP contribution in [0, 0.1) is 28.6 Å². The summed E-state index contributed by atoms with van der Waals surface area (Å²) in [7, 11) is 0. The summed E-state index contributed by atoms with van der Waals surface area (Å²) in [5, 5.41) is 20.9. The monoisotopic (exact) mass is 302 g/mol. The molecule has 0 spiro atoms. The second-order valence-electron chi connectivity index (χ2n) is 8.94. The SMILES string of the molecule is C=C1C=C2CC[C@@H]3[C@@H](CC[C@]4(C)C(O)CC[C@@H]34)[C@@]2(C)CC1O. The van der Waals surface area contributed by atoms with Crippen molar-refractivity contribution in [3.8, 4) is 0 Å². The van der Waals surface area contributed by atoms with Crippen molar-refractivity contribution in [3.05, 3.63) is 23.8 Å². The van der Waals surface area contributed by atoms with Gasteiger partial charge in [0.15, 0.2) is 0 Å². The Hall–Kier alpha value is -0.600. The van der Waals surface area contributed by atoms with E-state index in [2.05, 4.69) is 26.5 Å². The van der Waals surface area contributed by atoms with Gasteiger partial charge in [-0.1, -0.05) is 32.1 Å². The highest BCUT2D eigenvalue weighted by molar-refractivity contribution is 5.36. The first-order valence-corrected chi connectivity index (χ1v) is 9.12. The molecule has 7 atom stereocenters. The lowest BCUT2D eigenvalue weighted by atomic mass is 9.47. The molecule has 0 amide bonds. The molecule has 3 fully saturated rings. The molecule has 0 heterocycles. The molecule has 0 aromatic heterocycles. The number of aliphatic hydroxyl groups is 2. The summed E-state index contributed by atoms with van der Waals surface area (Å²) in [5.74, 6) is 2.09. The van der Waals surface area contributed by atoms with Gasteiger partial charge in [-0.3, -0.25) is 0 Å². The third-order valence-electron chi connectivity index (χ3n) is 8.09. The van der Waals surface area contributed by atoms with Crippen LogP contribution in [0.15, 0.2) is 23.8 Å². The van der Waals surface area contributed by atoms with E-state index in [1.807, 2.05) is 0 Å². The quantitative estimate of drug-likeness (QED) is 0.714. The number of aliphatic hydroxyl groups excluding tert-OH is 2. The number of hydrogen-bond donors (Lipinski definition) is 2. The Bertz CT molecular complexity index is 536. The first-order valence-electron chi connectivity index (χ1n) is 9.12. The standard InChI is InChI=1S/C20H30O2/c1-12-10-13-4-5-14-15-6-7-18(22)19(15,2)9-8-16(14)20(13,3)11-17(12)21/h10,14-18,21-22H,1,4-9,11H2,2-3H3/t14-,15-,16+,17?,18?,19-,20-/m0/s1. The maximum absolute atomic E-state index is 10.5. The zero-order chi connectivity index (χ0) is 15.7. The van der Waals surface area contributed by atoms with E-state index < -0.39 is 0 Å². The second kappa shape index (κ2) is 4.70. The van der Waals surface area contributed by atoms with E-state index in [1.165, 1.54) is 24.8 Å². The third-order valence-corrected chi connectivity index (χ3v) is 8.09. The Labute approximate surface area is 134 Å². The highest BCUT2D eigenvalue weighted by Gasteiger charge is 2.59. The second-order valence-corrected chi connectivity index (χ2v) is 8.94. The normalized spacial score (nSPS) is 54.3. The van der Waals surface area contributed by atoms with Gasteiger partial charge >= 0.3 is 0 Å². The summed E-state index contributed by atoms with van der Waals surface area (Å²) in [6, 6.07) is 0. The average Bonchev–Trinajstić information content (AvgIpc) is 2.77. The molecule has 0 aromatic carbocycles. The van der Waals surface area contributed by atoms with E-state index in [0.717, 1.165) is 37.2 Å². The molecule has 22 heavy (non-hydrogen) atoms. The molecule has 2 unspecified atom stereocenters. The van der Waals surface area contributed by atoms with Gasteiger partial charge in [0.1, 0.15) is 0 Å². The summed E-state index contributed by atoms with van der Waals surface area (Å²) in [6.45, 7) is 8.75. The zero-order valence-corrected chi connectivity index (χ0v) is 14.0. The van der Waals surface area contributed by atoms with Gasteiger partial charge in [-0.05, 0) is 79.1 Å². The van der Waals surface area contributed by atoms with Crippen LogP contribution in [-0.4, -0.2) is 22.4 Å². The van der Waals surface area contributed by atoms with Crippen LogP contribution in [0.1, 0.15) is 58.8 Å². The minimum absolute atomic E-state index is 0.0973. The lowest BCUT2D eigenvalue weighted by Crippen LogP contribution is -2.52. The molecule has 2 nitrogen and oxygen atoms in total. The topological polar surface area (TPSA) is 40.5 Å². The number of hydrogen-bond acceptors (Lipinski definition) is 2. The Balaban J connectivity index is 1.70. The van der Waals surface area contributed by atoms with Crippen LogP contribution in [0.3, 0.4) is 0 Å². The van der Waals surface area contributed by atoms with Crippen molar-refractivity contribution < 1.29 is 10.2 Å². The molecule has 2 heteroatoms. The van der Waals surface area contributed by atoms with Gasteiger partial charge in [-0.2, -0.15) is 0 Å². The van der Waals surface area contributed by atoms with Crippen LogP contribution in [0.25, 0.3) is 0 Å². The lowest BCUT2D eigenvalue weighted by molar-refractivity contribution is -0.0789. The van der Waals surface area contributed by atoms with Crippen molar-refractivity contribution in [2.75, 3.05) is 0 Å². The fourth-order valence-electron chi connectivity index (χ4n) is 6.67. The van der Waals surface area contributed by atoms with Crippen LogP contribution in [-0.2, 0) is 0 Å². The first kappa shape index (κ1) is 15.0. The minimum Gasteiger partial charge on any atom is -0.393 e. The minimum atomic E-state index is -0.366. The van der Waals surface area contributed by atoms with Gasteiger partial charge in [-0.25, -0.2) is 0 Å². The van der Waals surface area contributed by atoms with E-state index >= 15 is 0 Å². The fourth-order valence-corrected chi connectivity index (χ4v) is 6.67. The van der Waals surface area contributed by atoms with E-state index in [4.69, 9.17) is 0 Å². The fraction of sp³-hybridized carbons (Fsp3) is 0.800. The Morgan fingerprint density at radius 1 is 1.09 bits per heavy atom. The van der Waals surface area contributed by atoms with Crippen LogP contribution >= 0.6 is 0 Å². The van der Waals surface area contributed by atoms with E-state index in [1.54, 1.807) is 0 Å². The maximum atomic E-state index is 10.5. The average molecular weight is 302 g/mol. The number of allylic oxidation sites excluding steroid dienone is 1. The summed E-state index contributed by atoms with van der Waals surface area (Å²) in [4.78, 5) is 0. The molecular weight excluding hydrogens is 272 g/mol. The zero-order valence-electron chi connectivity index (χ0n) is 14.0.